The van der Waals surface area contributed by atoms with Crippen LogP contribution in [0.5, 0.6) is 11.5 Å². The van der Waals surface area contributed by atoms with Gasteiger partial charge in [-0.15, -0.1) is 0 Å². The highest BCUT2D eigenvalue weighted by Gasteiger charge is 2.08. The fourth-order valence-electron chi connectivity index (χ4n) is 1.14. The quantitative estimate of drug-likeness (QED) is 0.658. The van der Waals surface area contributed by atoms with E-state index in [-0.39, 0.29) is 11.3 Å². The lowest BCUT2D eigenvalue weighted by Crippen LogP contribution is -1.96. The molecule has 0 saturated carbocycles. The molecule has 86 valence electrons. The Morgan fingerprint density at radius 1 is 1.50 bits per heavy atom. The van der Waals surface area contributed by atoms with E-state index in [1.165, 1.54) is 20.1 Å². The van der Waals surface area contributed by atoms with Crippen molar-refractivity contribution < 1.29 is 19.7 Å². The summed E-state index contributed by atoms with van der Waals surface area (Å²) in [7, 11) is 1.45. The standard InChI is InChI=1S/C11H11IO4/c1-6(11(14)15)3-7-4-8(12)10(13)9(5-7)16-2/h3-5,13H,1-2H3,(H,14,15)/b6-3+. The number of aromatic hydroxyl groups is 1. The van der Waals surface area contributed by atoms with Crippen LogP contribution in [0, 0.1) is 3.57 Å². The van der Waals surface area contributed by atoms with Gasteiger partial charge in [0.1, 0.15) is 0 Å². The number of hydrogen-bond acceptors (Lipinski definition) is 3. The molecule has 0 amide bonds. The van der Waals surface area contributed by atoms with Crippen LogP contribution in [0.2, 0.25) is 0 Å². The number of carbonyl (C=O) groups is 1. The second-order valence-corrected chi connectivity index (χ2v) is 4.35. The van der Waals surface area contributed by atoms with E-state index in [9.17, 15) is 9.90 Å². The summed E-state index contributed by atoms with van der Waals surface area (Å²) in [5.41, 5.74) is 0.905. The van der Waals surface area contributed by atoms with E-state index < -0.39 is 5.97 Å². The lowest BCUT2D eigenvalue weighted by Gasteiger charge is -2.06. The molecule has 1 aromatic rings. The van der Waals surface area contributed by atoms with Crippen molar-refractivity contribution in [3.05, 3.63) is 26.8 Å². The largest absolute Gasteiger partial charge is 0.504 e. The van der Waals surface area contributed by atoms with Crippen LogP contribution < -0.4 is 4.74 Å². The van der Waals surface area contributed by atoms with E-state index in [4.69, 9.17) is 9.84 Å². The molecule has 0 spiro atoms. The number of phenolic OH excluding ortho intramolecular Hbond substituents is 1. The monoisotopic (exact) mass is 334 g/mol. The molecule has 1 rings (SSSR count). The minimum atomic E-state index is -0.970. The minimum Gasteiger partial charge on any atom is -0.504 e. The Bertz CT molecular complexity index is 452. The van der Waals surface area contributed by atoms with Gasteiger partial charge in [0.2, 0.25) is 0 Å². The SMILES string of the molecule is COc1cc(/C=C(\C)C(=O)O)cc(I)c1O. The van der Waals surface area contributed by atoms with Crippen LogP contribution in [0.25, 0.3) is 6.08 Å². The number of methoxy groups -OCH3 is 1. The van der Waals surface area contributed by atoms with Gasteiger partial charge in [0.05, 0.1) is 10.7 Å². The molecular formula is C11H11IO4. The Hall–Kier alpha value is -1.24. The second-order valence-electron chi connectivity index (χ2n) is 3.19. The zero-order valence-electron chi connectivity index (χ0n) is 8.82. The first kappa shape index (κ1) is 12.8. The average molecular weight is 334 g/mol. The summed E-state index contributed by atoms with van der Waals surface area (Å²) >= 11 is 1.96. The van der Waals surface area contributed by atoms with E-state index in [2.05, 4.69) is 0 Å². The van der Waals surface area contributed by atoms with Crippen molar-refractivity contribution in [3.8, 4) is 11.5 Å². The van der Waals surface area contributed by atoms with Crippen molar-refractivity contribution in [2.45, 2.75) is 6.92 Å². The molecular weight excluding hydrogens is 323 g/mol. The fourth-order valence-corrected chi connectivity index (χ4v) is 1.77. The van der Waals surface area contributed by atoms with Crippen molar-refractivity contribution in [2.75, 3.05) is 7.11 Å². The van der Waals surface area contributed by atoms with Crippen LogP contribution in [0.4, 0.5) is 0 Å². The molecule has 5 heteroatoms. The Morgan fingerprint density at radius 2 is 2.12 bits per heavy atom. The second kappa shape index (κ2) is 5.20. The maximum atomic E-state index is 10.7. The average Bonchev–Trinajstić information content (AvgIpc) is 2.22. The van der Waals surface area contributed by atoms with E-state index in [0.29, 0.717) is 14.9 Å². The molecule has 2 N–H and O–H groups in total. The zero-order valence-corrected chi connectivity index (χ0v) is 11.0. The smallest absolute Gasteiger partial charge is 0.331 e. The summed E-state index contributed by atoms with van der Waals surface area (Å²) in [6.07, 6.45) is 1.52. The van der Waals surface area contributed by atoms with Gasteiger partial charge >= 0.3 is 5.97 Å². The summed E-state index contributed by atoms with van der Waals surface area (Å²) in [5, 5.41) is 18.3. The van der Waals surface area contributed by atoms with Gasteiger partial charge in [-0.2, -0.15) is 0 Å². The number of phenols is 1. The summed E-state index contributed by atoms with van der Waals surface area (Å²) in [5.74, 6) is -0.577. The summed E-state index contributed by atoms with van der Waals surface area (Å²) in [4.78, 5) is 10.7. The molecule has 4 nitrogen and oxygen atoms in total. The van der Waals surface area contributed by atoms with Crippen LogP contribution >= 0.6 is 22.6 Å². The molecule has 0 atom stereocenters. The number of hydrogen-bond donors (Lipinski definition) is 2. The maximum Gasteiger partial charge on any atom is 0.331 e. The molecule has 0 unspecified atom stereocenters. The number of carboxylic acid groups (broad SMARTS) is 1. The number of carboxylic acids is 1. The predicted molar refractivity (Wildman–Crippen MR) is 68.7 cm³/mol. The fraction of sp³-hybridized carbons (Fsp3) is 0.182. The third-order valence-electron chi connectivity index (χ3n) is 1.99. The Balaban J connectivity index is 3.22. The van der Waals surface area contributed by atoms with Gasteiger partial charge in [0, 0.05) is 5.57 Å². The molecule has 0 bridgehead atoms. The first-order chi connectivity index (χ1) is 7.45. The Morgan fingerprint density at radius 3 is 2.62 bits per heavy atom. The Labute approximate surface area is 107 Å². The molecule has 0 heterocycles. The number of rotatable bonds is 3. The van der Waals surface area contributed by atoms with Crippen LogP contribution in [0.15, 0.2) is 17.7 Å². The third-order valence-corrected chi connectivity index (χ3v) is 2.81. The van der Waals surface area contributed by atoms with Crippen molar-refractivity contribution in [1.82, 2.24) is 0 Å². The van der Waals surface area contributed by atoms with Gasteiger partial charge in [-0.3, -0.25) is 0 Å². The van der Waals surface area contributed by atoms with E-state index >= 15 is 0 Å². The van der Waals surface area contributed by atoms with E-state index in [1.807, 2.05) is 22.6 Å². The summed E-state index contributed by atoms with van der Waals surface area (Å²) < 4.78 is 5.59. The minimum absolute atomic E-state index is 0.0632. The number of benzene rings is 1. The zero-order chi connectivity index (χ0) is 12.3. The highest BCUT2D eigenvalue weighted by atomic mass is 127. The first-order valence-electron chi connectivity index (χ1n) is 4.43. The number of ether oxygens (including phenoxy) is 1. The first-order valence-corrected chi connectivity index (χ1v) is 5.51. The molecule has 0 aromatic heterocycles. The molecule has 0 aliphatic carbocycles. The van der Waals surface area contributed by atoms with Gasteiger partial charge in [-0.05, 0) is 53.3 Å². The molecule has 16 heavy (non-hydrogen) atoms. The van der Waals surface area contributed by atoms with Gasteiger partial charge < -0.3 is 14.9 Å². The third kappa shape index (κ3) is 2.88. The van der Waals surface area contributed by atoms with Crippen molar-refractivity contribution in [2.24, 2.45) is 0 Å². The molecule has 0 aliphatic heterocycles. The van der Waals surface area contributed by atoms with Crippen LogP contribution in [-0.2, 0) is 4.79 Å². The van der Waals surface area contributed by atoms with Gasteiger partial charge in [-0.1, -0.05) is 0 Å². The number of halogens is 1. The molecule has 0 saturated heterocycles. The van der Waals surface area contributed by atoms with Crippen LogP contribution in [0.3, 0.4) is 0 Å². The lowest BCUT2D eigenvalue weighted by molar-refractivity contribution is -0.132. The van der Waals surface area contributed by atoms with Crippen molar-refractivity contribution >= 4 is 34.6 Å². The van der Waals surface area contributed by atoms with Gasteiger partial charge in [0.15, 0.2) is 11.5 Å². The van der Waals surface area contributed by atoms with Crippen LogP contribution in [0.1, 0.15) is 12.5 Å². The van der Waals surface area contributed by atoms with Gasteiger partial charge in [0.25, 0.3) is 0 Å². The van der Waals surface area contributed by atoms with E-state index in [1.54, 1.807) is 12.1 Å². The molecule has 1 aromatic carbocycles. The maximum absolute atomic E-state index is 10.7. The van der Waals surface area contributed by atoms with Gasteiger partial charge in [-0.25, -0.2) is 4.79 Å². The molecule has 0 radical (unpaired) electrons. The van der Waals surface area contributed by atoms with Crippen molar-refractivity contribution in [3.63, 3.8) is 0 Å². The van der Waals surface area contributed by atoms with Crippen molar-refractivity contribution in [1.29, 1.82) is 0 Å². The van der Waals surface area contributed by atoms with E-state index in [0.717, 1.165) is 0 Å². The summed E-state index contributed by atoms with van der Waals surface area (Å²) in [6, 6.07) is 3.27. The lowest BCUT2D eigenvalue weighted by atomic mass is 10.1. The number of aliphatic carboxylic acids is 1. The summed E-state index contributed by atoms with van der Waals surface area (Å²) in [6.45, 7) is 1.51. The van der Waals surface area contributed by atoms with Crippen LogP contribution in [-0.4, -0.2) is 23.3 Å². The Kier molecular flexibility index (Phi) is 4.17. The predicted octanol–water partition coefficient (Wildman–Crippen LogP) is 2.49. The highest BCUT2D eigenvalue weighted by molar-refractivity contribution is 14.1. The normalized spacial score (nSPS) is 11.3. The molecule has 0 fully saturated rings. The topological polar surface area (TPSA) is 66.8 Å². The molecule has 0 aliphatic rings. The highest BCUT2D eigenvalue weighted by Crippen LogP contribution is 2.33.